The molecule has 12 heteroatoms. The normalized spacial score (nSPS) is 13.7. The zero-order valence-electron chi connectivity index (χ0n) is 13.8. The minimum Gasteiger partial charge on any atom is -0.368 e. The van der Waals surface area contributed by atoms with Gasteiger partial charge in [0.05, 0.1) is 0 Å². The molecule has 0 atom stereocenters. The van der Waals surface area contributed by atoms with E-state index in [-0.39, 0.29) is 31.6 Å². The van der Waals surface area contributed by atoms with Crippen molar-refractivity contribution in [1.29, 1.82) is 0 Å². The molecule has 0 saturated heterocycles. The van der Waals surface area contributed by atoms with Crippen LogP contribution in [-0.2, 0) is 18.7 Å². The molecular formula is C12H25NO9P2. The summed E-state index contributed by atoms with van der Waals surface area (Å²) in [6.45, 7) is 5.00. The molecule has 0 unspecified atom stereocenters. The zero-order valence-corrected chi connectivity index (χ0v) is 15.6. The first-order chi connectivity index (χ1) is 10.5. The highest BCUT2D eigenvalue weighted by molar-refractivity contribution is 7.72. The van der Waals surface area contributed by atoms with Gasteiger partial charge in [0.2, 0.25) is 5.91 Å². The summed E-state index contributed by atoms with van der Waals surface area (Å²) in [7, 11) is -11.0. The second-order valence-electron chi connectivity index (χ2n) is 6.49. The van der Waals surface area contributed by atoms with E-state index in [0.717, 1.165) is 0 Å². The lowest BCUT2D eigenvalue weighted by Crippen LogP contribution is -2.31. The van der Waals surface area contributed by atoms with Crippen LogP contribution >= 0.6 is 15.2 Å². The van der Waals surface area contributed by atoms with Crippen molar-refractivity contribution in [2.75, 3.05) is 6.54 Å². The molecule has 0 radical (unpaired) electrons. The van der Waals surface area contributed by atoms with Gasteiger partial charge < -0.3 is 30.0 Å². The SMILES string of the molecule is CC(C)(C)C(=O)CCC(=O)NCCCC(O)(P(=O)(O)O)P(=O)(O)O. The molecule has 142 valence electrons. The van der Waals surface area contributed by atoms with Crippen molar-refractivity contribution in [3.8, 4) is 0 Å². The fourth-order valence-electron chi connectivity index (χ4n) is 1.70. The Kier molecular flexibility index (Phi) is 7.98. The number of amides is 1. The van der Waals surface area contributed by atoms with E-state index >= 15 is 0 Å². The van der Waals surface area contributed by atoms with Gasteiger partial charge in [-0.2, -0.15) is 0 Å². The molecule has 0 aromatic carbocycles. The van der Waals surface area contributed by atoms with Crippen LogP contribution in [0.4, 0.5) is 0 Å². The van der Waals surface area contributed by atoms with E-state index in [9.17, 15) is 23.8 Å². The number of hydrogen-bond donors (Lipinski definition) is 6. The summed E-state index contributed by atoms with van der Waals surface area (Å²) in [4.78, 5) is 59.0. The van der Waals surface area contributed by atoms with E-state index < -0.39 is 38.0 Å². The monoisotopic (exact) mass is 389 g/mol. The van der Waals surface area contributed by atoms with Gasteiger partial charge in [-0.1, -0.05) is 20.8 Å². The molecule has 0 heterocycles. The summed E-state index contributed by atoms with van der Waals surface area (Å²) < 4.78 is 22.3. The number of hydrogen-bond acceptors (Lipinski definition) is 5. The molecule has 24 heavy (non-hydrogen) atoms. The van der Waals surface area contributed by atoms with Crippen LogP contribution in [-0.4, -0.2) is 48.0 Å². The Labute approximate surface area is 140 Å². The Morgan fingerprint density at radius 3 is 1.79 bits per heavy atom. The molecule has 0 saturated carbocycles. The average molecular weight is 389 g/mol. The molecule has 0 aromatic rings. The van der Waals surface area contributed by atoms with Crippen molar-refractivity contribution < 1.29 is 43.4 Å². The molecule has 0 aliphatic rings. The van der Waals surface area contributed by atoms with Gasteiger partial charge in [0, 0.05) is 31.2 Å². The smallest absolute Gasteiger partial charge is 0.368 e. The molecule has 0 bridgehead atoms. The summed E-state index contributed by atoms with van der Waals surface area (Å²) in [6.07, 6.45) is -1.21. The summed E-state index contributed by atoms with van der Waals surface area (Å²) >= 11 is 0. The molecule has 0 spiro atoms. The number of ketones is 1. The van der Waals surface area contributed by atoms with Gasteiger partial charge in [-0.25, -0.2) is 0 Å². The second-order valence-corrected chi connectivity index (χ2v) is 10.5. The number of Topliss-reactive ketones (excluding diaryl/α,β-unsaturated/α-hetero) is 1. The number of carbonyl (C=O) groups is 2. The molecule has 0 aliphatic heterocycles. The Morgan fingerprint density at radius 1 is 0.958 bits per heavy atom. The zero-order chi connectivity index (χ0) is 19.4. The number of rotatable bonds is 9. The van der Waals surface area contributed by atoms with Crippen molar-refractivity contribution in [3.05, 3.63) is 0 Å². The maximum Gasteiger partial charge on any atom is 0.369 e. The number of nitrogens with one attached hydrogen (secondary N) is 1. The van der Waals surface area contributed by atoms with E-state index in [1.165, 1.54) is 0 Å². The minimum absolute atomic E-state index is 0.0320. The third-order valence-electron chi connectivity index (χ3n) is 3.36. The summed E-state index contributed by atoms with van der Waals surface area (Å²) in [6, 6.07) is 0. The van der Waals surface area contributed by atoms with E-state index in [2.05, 4.69) is 5.32 Å². The van der Waals surface area contributed by atoms with Crippen molar-refractivity contribution in [2.24, 2.45) is 5.41 Å². The number of aliphatic hydroxyl groups is 1. The molecular weight excluding hydrogens is 364 g/mol. The van der Waals surface area contributed by atoms with Gasteiger partial charge in [0.25, 0.3) is 5.08 Å². The predicted octanol–water partition coefficient (Wildman–Crippen LogP) is 0.280. The summed E-state index contributed by atoms with van der Waals surface area (Å²) in [5, 5.41) is 8.51. The maximum absolute atomic E-state index is 11.7. The van der Waals surface area contributed by atoms with E-state index in [0.29, 0.717) is 0 Å². The number of carbonyl (C=O) groups excluding carboxylic acids is 2. The highest BCUT2D eigenvalue weighted by Gasteiger charge is 2.58. The maximum atomic E-state index is 11.7. The molecule has 6 N–H and O–H groups in total. The fraction of sp³-hybridized carbons (Fsp3) is 0.833. The van der Waals surface area contributed by atoms with Gasteiger partial charge in [-0.15, -0.1) is 0 Å². The van der Waals surface area contributed by atoms with Gasteiger partial charge in [-0.05, 0) is 6.42 Å². The van der Waals surface area contributed by atoms with Crippen molar-refractivity contribution in [3.63, 3.8) is 0 Å². The molecule has 1 amide bonds. The van der Waals surface area contributed by atoms with Crippen molar-refractivity contribution in [2.45, 2.75) is 51.5 Å². The van der Waals surface area contributed by atoms with Gasteiger partial charge in [0.1, 0.15) is 5.78 Å². The highest BCUT2D eigenvalue weighted by Crippen LogP contribution is 2.69. The van der Waals surface area contributed by atoms with E-state index in [1.807, 2.05) is 0 Å². The third kappa shape index (κ3) is 6.72. The van der Waals surface area contributed by atoms with Crippen LogP contribution in [0.5, 0.6) is 0 Å². The van der Waals surface area contributed by atoms with Crippen LogP contribution in [0.15, 0.2) is 0 Å². The van der Waals surface area contributed by atoms with Gasteiger partial charge >= 0.3 is 15.2 Å². The summed E-state index contributed by atoms with van der Waals surface area (Å²) in [5.74, 6) is -0.585. The van der Waals surface area contributed by atoms with Crippen LogP contribution < -0.4 is 5.32 Å². The average Bonchev–Trinajstić information content (AvgIpc) is 2.36. The van der Waals surface area contributed by atoms with Crippen LogP contribution in [0, 0.1) is 5.41 Å². The Balaban J connectivity index is 4.43. The van der Waals surface area contributed by atoms with Crippen LogP contribution in [0.1, 0.15) is 46.5 Å². The van der Waals surface area contributed by atoms with Crippen molar-refractivity contribution >= 4 is 26.9 Å². The van der Waals surface area contributed by atoms with Gasteiger partial charge in [-0.3, -0.25) is 18.7 Å². The largest absolute Gasteiger partial charge is 0.369 e. The summed E-state index contributed by atoms with van der Waals surface area (Å²) in [5.41, 5.74) is -0.566. The molecule has 10 nitrogen and oxygen atoms in total. The third-order valence-corrected chi connectivity index (χ3v) is 7.24. The first kappa shape index (κ1) is 23.4. The lowest BCUT2D eigenvalue weighted by molar-refractivity contribution is -0.129. The van der Waals surface area contributed by atoms with E-state index in [1.54, 1.807) is 20.8 Å². The highest BCUT2D eigenvalue weighted by atomic mass is 31.2. The Morgan fingerprint density at radius 2 is 1.42 bits per heavy atom. The molecule has 0 rings (SSSR count). The first-order valence-corrected chi connectivity index (χ1v) is 10.4. The topological polar surface area (TPSA) is 181 Å². The standard InChI is InChI=1S/C12H25NO9P2/c1-11(2,3)9(14)5-6-10(15)13-8-4-7-12(16,23(17,18)19)24(20,21)22/h16H,4-8H2,1-3H3,(H,13,15)(H2,17,18,19)(H2,20,21,22). The molecule has 0 fully saturated rings. The lowest BCUT2D eigenvalue weighted by atomic mass is 9.88. The molecule has 0 aliphatic carbocycles. The Bertz CT molecular complexity index is 535. The van der Waals surface area contributed by atoms with Crippen LogP contribution in [0.25, 0.3) is 0 Å². The fourth-order valence-corrected chi connectivity index (χ4v) is 3.96. The van der Waals surface area contributed by atoms with Gasteiger partial charge in [0.15, 0.2) is 0 Å². The molecule has 0 aromatic heterocycles. The lowest BCUT2D eigenvalue weighted by Gasteiger charge is -2.29. The minimum atomic E-state index is -5.48. The first-order valence-electron chi connectivity index (χ1n) is 7.16. The van der Waals surface area contributed by atoms with Crippen LogP contribution in [0.3, 0.4) is 0 Å². The van der Waals surface area contributed by atoms with E-state index in [4.69, 9.17) is 19.6 Å². The van der Waals surface area contributed by atoms with Crippen molar-refractivity contribution in [1.82, 2.24) is 5.32 Å². The second kappa shape index (κ2) is 8.19. The van der Waals surface area contributed by atoms with Crippen LogP contribution in [0.2, 0.25) is 0 Å². The quantitative estimate of drug-likeness (QED) is 0.238. The predicted molar refractivity (Wildman–Crippen MR) is 85.0 cm³/mol. The Hall–Kier alpha value is -0.600.